The maximum atomic E-state index is 12.3. The van der Waals surface area contributed by atoms with Crippen molar-refractivity contribution in [3.63, 3.8) is 0 Å². The molecule has 0 N–H and O–H groups in total. The lowest BCUT2D eigenvalue weighted by molar-refractivity contribution is 0.271. The standard InChI is InChI=1S/C68H53B2ClN6O3S/c1-44(2)42-78-53-32-20-22-46(38-53)63-60-61(66(62(73-5)67-74-56-37-36-52(71)40-58(56)80-67)77(63)70(50-28-14-8-15-29-50)51-30-16-9-17-31-51)64(47-23-21-33-54(39-47)79-43-45(3)4)76(69(48-24-10-6-11-25-48)49-26-12-7-13-27-49)65(60)55(41-72)68-75-57-34-18-19-35-59(57)81-68/h6-40,44-45H,42-43H2,1-4H3/b65-55-,66-62+. The molecule has 0 unspecified atom stereocenters. The van der Waals surface area contributed by atoms with E-state index < -0.39 is 13.7 Å². The average Bonchev–Trinajstić information content (AvgIpc) is 4.47. The van der Waals surface area contributed by atoms with Gasteiger partial charge in [-0.05, 0) is 60.4 Å². The lowest BCUT2D eigenvalue weighted by atomic mass is 9.50. The number of benzene rings is 8. The largest absolute Gasteiger partial charge is 0.493 e. The third kappa shape index (κ3) is 10.2. The summed E-state index contributed by atoms with van der Waals surface area (Å²) in [5, 5.41) is 15.9. The van der Waals surface area contributed by atoms with Crippen LogP contribution in [0.15, 0.2) is 217 Å². The molecular weight excluding hydrogens is 1040 g/mol. The number of hydrogen-bond acceptors (Lipinski definition) is 7. The zero-order valence-electron chi connectivity index (χ0n) is 45.1. The van der Waals surface area contributed by atoms with Gasteiger partial charge >= 0.3 is 13.7 Å². The van der Waals surface area contributed by atoms with Gasteiger partial charge in [0.25, 0.3) is 5.70 Å². The molecule has 81 heavy (non-hydrogen) atoms. The Kier molecular flexibility index (Phi) is 14.7. The van der Waals surface area contributed by atoms with Crippen LogP contribution in [0.2, 0.25) is 5.02 Å². The van der Waals surface area contributed by atoms with Gasteiger partial charge in [-0.3, -0.25) is 0 Å². The summed E-state index contributed by atoms with van der Waals surface area (Å²) in [6.45, 7) is 17.9. The summed E-state index contributed by atoms with van der Waals surface area (Å²) >= 11 is 8.14. The first-order valence-corrected chi connectivity index (χ1v) is 28.3. The molecule has 0 saturated heterocycles. The molecule has 0 aliphatic carbocycles. The van der Waals surface area contributed by atoms with Gasteiger partial charge in [0.2, 0.25) is 5.89 Å². The van der Waals surface area contributed by atoms with Crippen molar-refractivity contribution >= 4 is 102 Å². The molecule has 0 aliphatic rings. The number of fused-ring (bicyclic) bond motifs is 3. The molecule has 9 nitrogen and oxygen atoms in total. The number of oxazole rings is 1. The minimum Gasteiger partial charge on any atom is -0.493 e. The van der Waals surface area contributed by atoms with Crippen molar-refractivity contribution in [3.8, 4) is 40.1 Å². The normalized spacial score (nSPS) is 12.2. The SMILES string of the molecule is [C-]#[N+]/C(c1nc2ccc(Cl)cc2o1)=c1\c2c(-c3cccc(OCC(C)C)c3)n(B(c3ccccc3)c3ccccc3)/c(=C(/C#N)c3nc4ccccc4s3)c2c(-c2cccc(OCC(C)C)c2)n1B(c1ccccc1)c1ccccc1. The van der Waals surface area contributed by atoms with E-state index in [1.165, 1.54) is 11.3 Å². The van der Waals surface area contributed by atoms with E-state index in [1.807, 2.05) is 103 Å². The Bertz CT molecular complexity index is 4320. The number of nitriles is 1. The third-order valence-electron chi connectivity index (χ3n) is 14.3. The highest BCUT2D eigenvalue weighted by atomic mass is 35.5. The van der Waals surface area contributed by atoms with Crippen molar-refractivity contribution in [2.24, 2.45) is 11.8 Å². The number of thiazole rings is 1. The second-order valence-electron chi connectivity index (χ2n) is 20.9. The molecule has 4 aromatic heterocycles. The number of halogens is 1. The molecule has 0 saturated carbocycles. The van der Waals surface area contributed by atoms with Crippen LogP contribution in [0.1, 0.15) is 38.6 Å². The second-order valence-corrected chi connectivity index (χ2v) is 22.3. The maximum absolute atomic E-state index is 12.3. The van der Waals surface area contributed by atoms with Crippen LogP contribution in [-0.4, -0.2) is 45.8 Å². The molecule has 0 spiro atoms. The van der Waals surface area contributed by atoms with Crippen molar-refractivity contribution in [1.82, 2.24) is 18.9 Å². The Balaban J connectivity index is 1.44. The number of nitrogens with zero attached hydrogens (tertiary/aromatic N) is 6. The quantitative estimate of drug-likeness (QED) is 0.0707. The third-order valence-corrected chi connectivity index (χ3v) is 15.6. The minimum atomic E-state index is -0.595. The molecule has 0 radical (unpaired) electrons. The van der Waals surface area contributed by atoms with Gasteiger partial charge in [0.1, 0.15) is 33.7 Å². The van der Waals surface area contributed by atoms with Gasteiger partial charge < -0.3 is 22.8 Å². The zero-order chi connectivity index (χ0) is 55.6. The monoisotopic (exact) mass is 1090 g/mol. The van der Waals surface area contributed by atoms with E-state index in [2.05, 4.69) is 145 Å². The van der Waals surface area contributed by atoms with E-state index >= 15 is 0 Å². The van der Waals surface area contributed by atoms with E-state index in [0.29, 0.717) is 72.9 Å². The average molecular weight is 1090 g/mol. The fraction of sp³-hybridized carbons (Fsp3) is 0.118. The topological polar surface area (TPSA) is 95.4 Å². The molecule has 4 heterocycles. The van der Waals surface area contributed by atoms with Gasteiger partial charge in [-0.2, -0.15) is 5.26 Å². The lowest BCUT2D eigenvalue weighted by Gasteiger charge is -2.24. The highest BCUT2D eigenvalue weighted by molar-refractivity contribution is 7.19. The van der Waals surface area contributed by atoms with Crippen LogP contribution in [0.25, 0.3) is 70.7 Å². The summed E-state index contributed by atoms with van der Waals surface area (Å²) in [4.78, 5) is 15.0. The lowest BCUT2D eigenvalue weighted by Crippen LogP contribution is -2.54. The number of ether oxygens (including phenoxy) is 2. The zero-order valence-corrected chi connectivity index (χ0v) is 46.7. The Labute approximate surface area is 480 Å². The second kappa shape index (κ2) is 22.8. The maximum Gasteiger partial charge on any atom is 0.328 e. The van der Waals surface area contributed by atoms with Crippen LogP contribution < -0.4 is 42.0 Å². The van der Waals surface area contributed by atoms with E-state index in [1.54, 1.807) is 12.1 Å². The van der Waals surface area contributed by atoms with E-state index in [4.69, 9.17) is 35.5 Å². The van der Waals surface area contributed by atoms with Crippen LogP contribution in [0.5, 0.6) is 11.5 Å². The van der Waals surface area contributed by atoms with E-state index in [9.17, 15) is 11.8 Å². The fourth-order valence-electron chi connectivity index (χ4n) is 10.9. The summed E-state index contributed by atoms with van der Waals surface area (Å²) in [6, 6.07) is 74.0. The van der Waals surface area contributed by atoms with Crippen molar-refractivity contribution in [3.05, 3.63) is 250 Å². The van der Waals surface area contributed by atoms with Gasteiger partial charge in [-0.1, -0.05) is 219 Å². The molecule has 0 amide bonds. The first-order chi connectivity index (χ1) is 39.7. The first-order valence-electron chi connectivity index (χ1n) is 27.1. The predicted molar refractivity (Wildman–Crippen MR) is 333 cm³/mol. The summed E-state index contributed by atoms with van der Waals surface area (Å²) < 4.78 is 25.6. The van der Waals surface area contributed by atoms with Gasteiger partial charge in [-0.15, -0.1) is 11.3 Å². The smallest absolute Gasteiger partial charge is 0.328 e. The van der Waals surface area contributed by atoms with Crippen molar-refractivity contribution in [2.45, 2.75) is 27.7 Å². The van der Waals surface area contributed by atoms with Crippen LogP contribution >= 0.6 is 22.9 Å². The molecule has 8 aromatic carbocycles. The molecule has 0 atom stereocenters. The molecule has 12 aromatic rings. The summed E-state index contributed by atoms with van der Waals surface area (Å²) in [5.74, 6) is 1.94. The Hall–Kier alpha value is -9.32. The number of rotatable bonds is 16. The molecule has 0 bridgehead atoms. The number of aromatic nitrogens is 4. The molecule has 0 fully saturated rings. The minimum absolute atomic E-state index is 0.107. The highest BCUT2D eigenvalue weighted by Crippen LogP contribution is 2.39. The molecule has 392 valence electrons. The fourth-order valence-corrected chi connectivity index (χ4v) is 12.0. The number of para-hydroxylation sites is 1. The van der Waals surface area contributed by atoms with Crippen LogP contribution in [0.3, 0.4) is 0 Å². The summed E-state index contributed by atoms with van der Waals surface area (Å²) in [5.41, 5.74) is 9.11. The Morgan fingerprint density at radius 1 is 0.593 bits per heavy atom. The van der Waals surface area contributed by atoms with Gasteiger partial charge in [-0.25, -0.2) is 14.8 Å². The Morgan fingerprint density at radius 3 is 1.56 bits per heavy atom. The van der Waals surface area contributed by atoms with Crippen LogP contribution in [0, 0.1) is 29.7 Å². The van der Waals surface area contributed by atoms with Crippen molar-refractivity contribution in [1.29, 1.82) is 5.26 Å². The molecule has 0 aliphatic heterocycles. The Morgan fingerprint density at radius 2 is 1.07 bits per heavy atom. The molecule has 13 heteroatoms. The molecule has 12 rings (SSSR count). The van der Waals surface area contributed by atoms with Crippen molar-refractivity contribution < 1.29 is 13.9 Å². The van der Waals surface area contributed by atoms with Crippen LogP contribution in [-0.2, 0) is 0 Å². The molecular formula is C68H53B2ClN6O3S. The first kappa shape index (κ1) is 52.4. The van der Waals surface area contributed by atoms with Gasteiger partial charge in [0, 0.05) is 44.4 Å². The van der Waals surface area contributed by atoms with E-state index in [-0.39, 0.29) is 23.4 Å². The highest BCUT2D eigenvalue weighted by Gasteiger charge is 2.38. The van der Waals surface area contributed by atoms with Crippen molar-refractivity contribution in [2.75, 3.05) is 13.2 Å². The number of hydrogen-bond donors (Lipinski definition) is 0. The van der Waals surface area contributed by atoms with E-state index in [0.717, 1.165) is 54.6 Å². The van der Waals surface area contributed by atoms with Gasteiger partial charge in [0.05, 0.1) is 40.7 Å². The predicted octanol–water partition coefficient (Wildman–Crippen LogP) is 12.4. The van der Waals surface area contributed by atoms with Crippen LogP contribution in [0.4, 0.5) is 0 Å². The summed E-state index contributed by atoms with van der Waals surface area (Å²) in [7, 11) is 0. The van der Waals surface area contributed by atoms with Gasteiger partial charge in [0.15, 0.2) is 5.58 Å². The summed E-state index contributed by atoms with van der Waals surface area (Å²) in [6.07, 6.45) is 0.